The van der Waals surface area contributed by atoms with Gasteiger partial charge < -0.3 is 5.11 Å². The minimum atomic E-state index is -0.495. The van der Waals surface area contributed by atoms with Gasteiger partial charge in [0.25, 0.3) is 0 Å². The molecule has 0 atom stereocenters. The molecule has 0 saturated heterocycles. The van der Waals surface area contributed by atoms with E-state index >= 15 is 0 Å². The van der Waals surface area contributed by atoms with E-state index in [2.05, 4.69) is 35.9 Å². The van der Waals surface area contributed by atoms with Crippen molar-refractivity contribution >= 4 is 0 Å². The molecule has 1 N–H and O–H groups in total. The largest absolute Gasteiger partial charge is 0.389 e. The van der Waals surface area contributed by atoms with Gasteiger partial charge in [-0.2, -0.15) is 5.10 Å². The van der Waals surface area contributed by atoms with Gasteiger partial charge in [-0.15, -0.1) is 0 Å². The van der Waals surface area contributed by atoms with Crippen molar-refractivity contribution in [3.63, 3.8) is 0 Å². The molecule has 1 heterocycles. The first kappa shape index (κ1) is 13.6. The number of aliphatic hydroxyl groups is 1. The molecule has 3 nitrogen and oxygen atoms in total. The summed E-state index contributed by atoms with van der Waals surface area (Å²) in [6, 6.07) is 2.57. The van der Waals surface area contributed by atoms with Crippen LogP contribution in [-0.2, 0) is 6.42 Å². The quantitative estimate of drug-likeness (QED) is 0.868. The first-order chi connectivity index (χ1) is 8.67. The van der Waals surface area contributed by atoms with Gasteiger partial charge in [0.1, 0.15) is 0 Å². The van der Waals surface area contributed by atoms with Crippen molar-refractivity contribution in [2.45, 2.75) is 76.9 Å². The molecular formula is C15H26N2O. The third-order valence-electron chi connectivity index (χ3n) is 4.27. The summed E-state index contributed by atoms with van der Waals surface area (Å²) in [5.41, 5.74) is 0.553. The zero-order chi connectivity index (χ0) is 13.0. The Labute approximate surface area is 110 Å². The van der Waals surface area contributed by atoms with Gasteiger partial charge in [-0.3, -0.25) is 4.68 Å². The Kier molecular flexibility index (Phi) is 4.44. The summed E-state index contributed by atoms with van der Waals surface area (Å²) in [5, 5.41) is 15.2. The molecule has 0 spiro atoms. The fourth-order valence-electron chi connectivity index (χ4n) is 3.06. The molecule has 0 amide bonds. The van der Waals surface area contributed by atoms with Crippen LogP contribution in [0.5, 0.6) is 0 Å². The molecule has 0 unspecified atom stereocenters. The minimum Gasteiger partial charge on any atom is -0.389 e. The van der Waals surface area contributed by atoms with Crippen LogP contribution < -0.4 is 0 Å². The van der Waals surface area contributed by atoms with Gasteiger partial charge in [0.15, 0.2) is 0 Å². The van der Waals surface area contributed by atoms with E-state index in [1.807, 2.05) is 0 Å². The van der Waals surface area contributed by atoms with Crippen LogP contribution >= 0.6 is 0 Å². The van der Waals surface area contributed by atoms with Crippen LogP contribution in [0.1, 0.15) is 70.5 Å². The Morgan fingerprint density at radius 1 is 1.28 bits per heavy atom. The highest BCUT2D eigenvalue weighted by Crippen LogP contribution is 2.30. The second-order valence-electron chi connectivity index (χ2n) is 5.72. The summed E-state index contributed by atoms with van der Waals surface area (Å²) in [4.78, 5) is 0. The van der Waals surface area contributed by atoms with Gasteiger partial charge in [-0.05, 0) is 31.7 Å². The maximum atomic E-state index is 10.5. The van der Waals surface area contributed by atoms with Crippen LogP contribution in [0.4, 0.5) is 0 Å². The molecule has 1 aliphatic rings. The molecule has 3 heteroatoms. The van der Waals surface area contributed by atoms with Gasteiger partial charge in [-0.1, -0.05) is 33.1 Å². The average Bonchev–Trinajstić information content (AvgIpc) is 2.79. The van der Waals surface area contributed by atoms with Crippen LogP contribution in [0, 0.1) is 0 Å². The van der Waals surface area contributed by atoms with Gasteiger partial charge >= 0.3 is 0 Å². The van der Waals surface area contributed by atoms with E-state index in [1.165, 1.54) is 6.42 Å². The fourth-order valence-corrected chi connectivity index (χ4v) is 3.06. The predicted octanol–water partition coefficient (Wildman–Crippen LogP) is 3.48. The van der Waals surface area contributed by atoms with Gasteiger partial charge in [0, 0.05) is 12.6 Å². The molecule has 0 aromatic carbocycles. The van der Waals surface area contributed by atoms with Gasteiger partial charge in [-0.25, -0.2) is 0 Å². The Morgan fingerprint density at radius 2 is 1.94 bits per heavy atom. The normalized spacial score (nSPS) is 19.3. The predicted molar refractivity (Wildman–Crippen MR) is 73.6 cm³/mol. The number of hydrogen-bond acceptors (Lipinski definition) is 2. The van der Waals surface area contributed by atoms with Crippen LogP contribution in [0.15, 0.2) is 12.3 Å². The molecule has 18 heavy (non-hydrogen) atoms. The maximum absolute atomic E-state index is 10.5. The first-order valence-electron chi connectivity index (χ1n) is 7.43. The van der Waals surface area contributed by atoms with E-state index in [0.717, 1.165) is 50.6 Å². The van der Waals surface area contributed by atoms with Gasteiger partial charge in [0.05, 0.1) is 17.3 Å². The number of aromatic nitrogens is 2. The first-order valence-corrected chi connectivity index (χ1v) is 7.43. The molecular weight excluding hydrogens is 224 g/mol. The molecule has 0 bridgehead atoms. The standard InChI is InChI=1S/C15H26N2O/c1-3-14(4-2)17-11-8-13(16-17)12-15(18)9-6-5-7-10-15/h8,11,14,18H,3-7,9-10,12H2,1-2H3. The van der Waals surface area contributed by atoms with E-state index in [0.29, 0.717) is 6.04 Å². The summed E-state index contributed by atoms with van der Waals surface area (Å²) < 4.78 is 2.07. The summed E-state index contributed by atoms with van der Waals surface area (Å²) in [7, 11) is 0. The van der Waals surface area contributed by atoms with Crippen molar-refractivity contribution in [2.75, 3.05) is 0 Å². The smallest absolute Gasteiger partial charge is 0.0703 e. The number of hydrogen-bond donors (Lipinski definition) is 1. The van der Waals surface area contributed by atoms with Crippen molar-refractivity contribution < 1.29 is 5.11 Å². The lowest BCUT2D eigenvalue weighted by molar-refractivity contribution is 0.00351. The highest BCUT2D eigenvalue weighted by Gasteiger charge is 2.30. The Morgan fingerprint density at radius 3 is 2.56 bits per heavy atom. The van der Waals surface area contributed by atoms with Crippen LogP contribution in [0.3, 0.4) is 0 Å². The van der Waals surface area contributed by atoms with Crippen molar-refractivity contribution in [2.24, 2.45) is 0 Å². The lowest BCUT2D eigenvalue weighted by atomic mass is 9.82. The number of rotatable bonds is 5. The Balaban J connectivity index is 2.01. The second kappa shape index (κ2) is 5.87. The van der Waals surface area contributed by atoms with Crippen molar-refractivity contribution in [1.29, 1.82) is 0 Å². The molecule has 1 aromatic heterocycles. The van der Waals surface area contributed by atoms with Gasteiger partial charge in [0.2, 0.25) is 0 Å². The summed E-state index contributed by atoms with van der Waals surface area (Å²) in [6.45, 7) is 4.40. The zero-order valence-electron chi connectivity index (χ0n) is 11.7. The Bertz CT molecular complexity index is 362. The second-order valence-corrected chi connectivity index (χ2v) is 5.72. The molecule has 0 aliphatic heterocycles. The molecule has 102 valence electrons. The van der Waals surface area contributed by atoms with Crippen LogP contribution in [0.25, 0.3) is 0 Å². The molecule has 2 rings (SSSR count). The zero-order valence-corrected chi connectivity index (χ0v) is 11.7. The van der Waals surface area contributed by atoms with E-state index in [-0.39, 0.29) is 0 Å². The third-order valence-corrected chi connectivity index (χ3v) is 4.27. The average molecular weight is 250 g/mol. The number of nitrogens with zero attached hydrogens (tertiary/aromatic N) is 2. The summed E-state index contributed by atoms with van der Waals surface area (Å²) in [6.07, 6.45) is 10.5. The maximum Gasteiger partial charge on any atom is 0.0703 e. The summed E-state index contributed by atoms with van der Waals surface area (Å²) >= 11 is 0. The Hall–Kier alpha value is -0.830. The lowest BCUT2D eigenvalue weighted by Gasteiger charge is -2.31. The topological polar surface area (TPSA) is 38.0 Å². The molecule has 1 aromatic rings. The highest BCUT2D eigenvalue weighted by atomic mass is 16.3. The van der Waals surface area contributed by atoms with Crippen LogP contribution in [0.2, 0.25) is 0 Å². The minimum absolute atomic E-state index is 0.495. The monoisotopic (exact) mass is 250 g/mol. The van der Waals surface area contributed by atoms with Crippen LogP contribution in [-0.4, -0.2) is 20.5 Å². The van der Waals surface area contributed by atoms with Crippen molar-refractivity contribution in [3.8, 4) is 0 Å². The van der Waals surface area contributed by atoms with E-state index < -0.39 is 5.60 Å². The van der Waals surface area contributed by atoms with Crippen molar-refractivity contribution in [1.82, 2.24) is 9.78 Å². The molecule has 0 radical (unpaired) electrons. The van der Waals surface area contributed by atoms with E-state index in [1.54, 1.807) is 0 Å². The SMILES string of the molecule is CCC(CC)n1ccc(CC2(O)CCCCC2)n1. The summed E-state index contributed by atoms with van der Waals surface area (Å²) in [5.74, 6) is 0. The molecule has 1 saturated carbocycles. The third kappa shape index (κ3) is 3.14. The highest BCUT2D eigenvalue weighted by molar-refractivity contribution is 5.05. The van der Waals surface area contributed by atoms with Crippen molar-refractivity contribution in [3.05, 3.63) is 18.0 Å². The fraction of sp³-hybridized carbons (Fsp3) is 0.800. The lowest BCUT2D eigenvalue weighted by Crippen LogP contribution is -2.34. The van der Waals surface area contributed by atoms with E-state index in [4.69, 9.17) is 0 Å². The molecule has 1 aliphatic carbocycles. The van der Waals surface area contributed by atoms with E-state index in [9.17, 15) is 5.11 Å². The molecule has 1 fully saturated rings.